The fourth-order valence-corrected chi connectivity index (χ4v) is 1.47. The maximum Gasteiger partial charge on any atom is 0.234 e. The quantitative estimate of drug-likeness (QED) is 0.833. The van der Waals surface area contributed by atoms with Crippen LogP contribution in [0, 0.1) is 11.6 Å². The van der Waals surface area contributed by atoms with Crippen molar-refractivity contribution in [2.75, 3.05) is 6.61 Å². The van der Waals surface area contributed by atoms with E-state index in [1.165, 1.54) is 6.92 Å². The van der Waals surface area contributed by atoms with E-state index in [4.69, 9.17) is 16.9 Å². The highest BCUT2D eigenvalue weighted by molar-refractivity contribution is 6.21. The smallest absolute Gasteiger partial charge is 0.234 e. The molecule has 1 rings (SSSR count). The molecule has 1 atom stereocenters. The van der Waals surface area contributed by atoms with Crippen molar-refractivity contribution < 1.29 is 18.7 Å². The monoisotopic (exact) mass is 249 g/mol. The Morgan fingerprint density at radius 2 is 1.94 bits per heavy atom. The van der Waals surface area contributed by atoms with Gasteiger partial charge in [-0.25, -0.2) is 13.2 Å². The first-order valence-electron chi connectivity index (χ1n) is 4.48. The Kier molecular flexibility index (Phi) is 4.20. The molecule has 6 heteroatoms. The summed E-state index contributed by atoms with van der Waals surface area (Å²) in [5, 5.41) is 9.06. The molecule has 0 aliphatic carbocycles. The predicted molar refractivity (Wildman–Crippen MR) is 54.6 cm³/mol. The van der Waals surface area contributed by atoms with Crippen LogP contribution in [-0.4, -0.2) is 22.0 Å². The highest BCUT2D eigenvalue weighted by Crippen LogP contribution is 2.23. The number of hydrogen-bond acceptors (Lipinski definition) is 2. The van der Waals surface area contributed by atoms with Crippen LogP contribution in [0.3, 0.4) is 0 Å². The number of rotatable bonds is 3. The van der Waals surface area contributed by atoms with Crippen molar-refractivity contribution in [1.82, 2.24) is 4.42 Å². The number of amides is 1. The van der Waals surface area contributed by atoms with Gasteiger partial charge in [0.1, 0.15) is 11.6 Å². The molecular formula is C10H10ClF2NO2. The van der Waals surface area contributed by atoms with Crippen molar-refractivity contribution in [2.24, 2.45) is 0 Å². The van der Waals surface area contributed by atoms with Gasteiger partial charge in [-0.3, -0.25) is 4.79 Å². The number of aliphatic hydroxyl groups is 1. The van der Waals surface area contributed by atoms with Crippen LogP contribution in [0.25, 0.3) is 0 Å². The zero-order chi connectivity index (χ0) is 12.3. The first kappa shape index (κ1) is 12.9. The second kappa shape index (κ2) is 5.23. The molecule has 1 unspecified atom stereocenters. The third kappa shape index (κ3) is 2.90. The average molecular weight is 250 g/mol. The summed E-state index contributed by atoms with van der Waals surface area (Å²) < 4.78 is 26.5. The number of benzene rings is 1. The van der Waals surface area contributed by atoms with E-state index in [1.807, 2.05) is 0 Å². The van der Waals surface area contributed by atoms with Gasteiger partial charge in [-0.1, -0.05) is 0 Å². The average Bonchev–Trinajstić information content (AvgIpc) is 2.16. The van der Waals surface area contributed by atoms with Gasteiger partial charge in [-0.05, 0) is 17.7 Å². The van der Waals surface area contributed by atoms with Crippen molar-refractivity contribution in [3.05, 3.63) is 35.4 Å². The minimum absolute atomic E-state index is 0.102. The molecule has 1 amide bonds. The van der Waals surface area contributed by atoms with E-state index in [1.54, 1.807) is 0 Å². The molecule has 1 N–H and O–H groups in total. The van der Waals surface area contributed by atoms with Crippen LogP contribution in [0.1, 0.15) is 18.5 Å². The maximum absolute atomic E-state index is 12.9. The largest absolute Gasteiger partial charge is 0.394 e. The van der Waals surface area contributed by atoms with Gasteiger partial charge in [-0.2, -0.15) is 0 Å². The molecule has 0 saturated carbocycles. The van der Waals surface area contributed by atoms with Crippen LogP contribution in [0.2, 0.25) is 0 Å². The molecule has 0 spiro atoms. The molecule has 3 nitrogen and oxygen atoms in total. The summed E-state index contributed by atoms with van der Waals surface area (Å²) in [5.41, 5.74) is 0.102. The van der Waals surface area contributed by atoms with Crippen molar-refractivity contribution in [1.29, 1.82) is 0 Å². The maximum atomic E-state index is 12.9. The number of halogens is 3. The Labute approximate surface area is 96.4 Å². The normalized spacial score (nSPS) is 12.3. The lowest BCUT2D eigenvalue weighted by atomic mass is 10.1. The molecule has 0 bridgehead atoms. The van der Waals surface area contributed by atoms with Crippen LogP contribution >= 0.6 is 11.8 Å². The number of nitrogens with zero attached hydrogens (tertiary/aromatic N) is 1. The summed E-state index contributed by atoms with van der Waals surface area (Å²) in [5.74, 6) is -2.10. The first-order valence-corrected chi connectivity index (χ1v) is 4.82. The Balaban J connectivity index is 3.08. The third-order valence-corrected chi connectivity index (χ3v) is 2.49. The lowest BCUT2D eigenvalue weighted by Crippen LogP contribution is -2.27. The molecule has 0 heterocycles. The molecule has 88 valence electrons. The molecule has 1 aromatic rings. The minimum Gasteiger partial charge on any atom is -0.394 e. The highest BCUT2D eigenvalue weighted by atomic mass is 35.5. The highest BCUT2D eigenvalue weighted by Gasteiger charge is 2.21. The molecule has 0 fully saturated rings. The fourth-order valence-electron chi connectivity index (χ4n) is 1.29. The molecule has 0 radical (unpaired) electrons. The second-order valence-electron chi connectivity index (χ2n) is 3.23. The van der Waals surface area contributed by atoms with Gasteiger partial charge >= 0.3 is 0 Å². The van der Waals surface area contributed by atoms with Gasteiger partial charge in [0, 0.05) is 24.8 Å². The van der Waals surface area contributed by atoms with Gasteiger partial charge in [0.2, 0.25) is 5.91 Å². The number of hydrogen-bond donors (Lipinski definition) is 1. The molecular weight excluding hydrogens is 240 g/mol. The van der Waals surface area contributed by atoms with Crippen LogP contribution in [0.15, 0.2) is 18.2 Å². The third-order valence-electron chi connectivity index (χ3n) is 2.02. The number of carbonyl (C=O) groups excluding carboxylic acids is 1. The first-order chi connectivity index (χ1) is 7.45. The summed E-state index contributed by atoms with van der Waals surface area (Å²) in [6.07, 6.45) is 0. The SMILES string of the molecule is CC(=O)N(Cl)C(CO)c1cc(F)cc(F)c1. The Morgan fingerprint density at radius 3 is 2.31 bits per heavy atom. The summed E-state index contributed by atoms with van der Waals surface area (Å²) >= 11 is 5.60. The summed E-state index contributed by atoms with van der Waals surface area (Å²) in [6.45, 7) is 0.664. The number of aliphatic hydroxyl groups excluding tert-OH is 1. The summed E-state index contributed by atoms with van der Waals surface area (Å²) in [7, 11) is 0. The van der Waals surface area contributed by atoms with Crippen molar-refractivity contribution >= 4 is 17.7 Å². The zero-order valence-corrected chi connectivity index (χ0v) is 9.21. The molecule has 0 aliphatic heterocycles. The standard InChI is InChI=1S/C10H10ClF2NO2/c1-6(16)14(11)10(5-15)7-2-8(12)4-9(13)3-7/h2-4,10,15H,5H2,1H3. The zero-order valence-electron chi connectivity index (χ0n) is 8.45. The molecule has 16 heavy (non-hydrogen) atoms. The van der Waals surface area contributed by atoms with Crippen molar-refractivity contribution in [3.63, 3.8) is 0 Å². The molecule has 1 aromatic carbocycles. The van der Waals surface area contributed by atoms with E-state index in [0.717, 1.165) is 12.1 Å². The van der Waals surface area contributed by atoms with Crippen molar-refractivity contribution in [2.45, 2.75) is 13.0 Å². The van der Waals surface area contributed by atoms with Gasteiger partial charge in [-0.15, -0.1) is 0 Å². The van der Waals surface area contributed by atoms with Crippen LogP contribution in [0.5, 0.6) is 0 Å². The van der Waals surface area contributed by atoms with E-state index in [9.17, 15) is 13.6 Å². The molecule has 0 aliphatic rings. The molecule has 0 saturated heterocycles. The van der Waals surface area contributed by atoms with Crippen molar-refractivity contribution in [3.8, 4) is 0 Å². The summed E-state index contributed by atoms with van der Waals surface area (Å²) in [4.78, 5) is 11.0. The molecule has 0 aromatic heterocycles. The second-order valence-corrected chi connectivity index (χ2v) is 3.60. The van der Waals surface area contributed by atoms with Crippen LogP contribution < -0.4 is 0 Å². The fraction of sp³-hybridized carbons (Fsp3) is 0.300. The Bertz CT molecular complexity index is 380. The van der Waals surface area contributed by atoms with E-state index in [-0.39, 0.29) is 5.56 Å². The lowest BCUT2D eigenvalue weighted by molar-refractivity contribution is -0.126. The van der Waals surface area contributed by atoms with E-state index < -0.39 is 30.2 Å². The minimum atomic E-state index is -0.968. The van der Waals surface area contributed by atoms with E-state index >= 15 is 0 Å². The Hall–Kier alpha value is -1.20. The van der Waals surface area contributed by atoms with E-state index in [2.05, 4.69) is 0 Å². The van der Waals surface area contributed by atoms with E-state index in [0.29, 0.717) is 10.5 Å². The van der Waals surface area contributed by atoms with Crippen LogP contribution in [0.4, 0.5) is 8.78 Å². The number of carbonyl (C=O) groups is 1. The lowest BCUT2D eigenvalue weighted by Gasteiger charge is -2.22. The van der Waals surface area contributed by atoms with Gasteiger partial charge in [0.15, 0.2) is 0 Å². The van der Waals surface area contributed by atoms with Gasteiger partial charge in [0.05, 0.1) is 12.6 Å². The Morgan fingerprint density at radius 1 is 1.44 bits per heavy atom. The summed E-state index contributed by atoms with van der Waals surface area (Å²) in [6, 6.07) is 1.76. The van der Waals surface area contributed by atoms with Gasteiger partial charge in [0.25, 0.3) is 0 Å². The van der Waals surface area contributed by atoms with Crippen LogP contribution in [-0.2, 0) is 4.79 Å². The predicted octanol–water partition coefficient (Wildman–Crippen LogP) is 2.00. The van der Waals surface area contributed by atoms with Gasteiger partial charge < -0.3 is 5.11 Å². The topological polar surface area (TPSA) is 40.5 Å².